The van der Waals surface area contributed by atoms with Crippen LogP contribution in [-0.2, 0) is 0 Å². The monoisotopic (exact) mass is 290 g/mol. The highest BCUT2D eigenvalue weighted by molar-refractivity contribution is 5.90. The molecule has 0 aliphatic carbocycles. The number of nitrogens with one attached hydrogen (secondary N) is 1. The molecule has 0 spiro atoms. The van der Waals surface area contributed by atoms with E-state index in [-0.39, 0.29) is 5.56 Å². The first-order chi connectivity index (χ1) is 10.7. The Morgan fingerprint density at radius 1 is 0.955 bits per heavy atom. The molecule has 0 radical (unpaired) electrons. The number of fused-ring (bicyclic) bond motifs is 1. The summed E-state index contributed by atoms with van der Waals surface area (Å²) >= 11 is 0. The Bertz CT molecular complexity index is 839. The van der Waals surface area contributed by atoms with Crippen molar-refractivity contribution < 1.29 is 9.90 Å². The lowest BCUT2D eigenvalue weighted by Crippen LogP contribution is -1.96. The molecule has 4 nitrogen and oxygen atoms in total. The molecular weight excluding hydrogens is 276 g/mol. The normalized spacial score (nSPS) is 10.9. The quantitative estimate of drug-likeness (QED) is 0.564. The number of hydrogen-bond acceptors (Lipinski definition) is 3. The SMILES string of the molecule is O=C(O)c1ccc(N/N=C/c2ccc3ccccc3c2)cc1. The molecule has 3 aromatic rings. The first-order valence-electron chi connectivity index (χ1n) is 6.83. The van der Waals surface area contributed by atoms with Gasteiger partial charge in [0, 0.05) is 0 Å². The van der Waals surface area contributed by atoms with Crippen LogP contribution in [0.3, 0.4) is 0 Å². The van der Waals surface area contributed by atoms with Gasteiger partial charge >= 0.3 is 5.97 Å². The number of carboxylic acid groups (broad SMARTS) is 1. The van der Waals surface area contributed by atoms with Crippen LogP contribution in [0.2, 0.25) is 0 Å². The van der Waals surface area contributed by atoms with Crippen molar-refractivity contribution in [3.05, 3.63) is 77.9 Å². The summed E-state index contributed by atoms with van der Waals surface area (Å²) in [6, 6.07) is 20.7. The molecule has 22 heavy (non-hydrogen) atoms. The van der Waals surface area contributed by atoms with Gasteiger partial charge in [-0.25, -0.2) is 4.79 Å². The second-order valence-corrected chi connectivity index (χ2v) is 4.86. The van der Waals surface area contributed by atoms with E-state index in [4.69, 9.17) is 5.11 Å². The number of hydrogen-bond donors (Lipinski definition) is 2. The summed E-state index contributed by atoms with van der Waals surface area (Å²) in [6.45, 7) is 0. The summed E-state index contributed by atoms with van der Waals surface area (Å²) < 4.78 is 0. The van der Waals surface area contributed by atoms with Crippen LogP contribution in [0.25, 0.3) is 10.8 Å². The number of benzene rings is 3. The van der Waals surface area contributed by atoms with Gasteiger partial charge in [0.05, 0.1) is 17.5 Å². The largest absolute Gasteiger partial charge is 0.478 e. The smallest absolute Gasteiger partial charge is 0.335 e. The first-order valence-corrected chi connectivity index (χ1v) is 6.83. The summed E-state index contributed by atoms with van der Waals surface area (Å²) in [6.07, 6.45) is 1.73. The number of hydrazone groups is 1. The minimum atomic E-state index is -0.939. The highest BCUT2D eigenvalue weighted by atomic mass is 16.4. The van der Waals surface area contributed by atoms with E-state index in [9.17, 15) is 4.79 Å². The number of carboxylic acids is 1. The maximum Gasteiger partial charge on any atom is 0.335 e. The Balaban J connectivity index is 1.71. The molecular formula is C18H14N2O2. The van der Waals surface area contributed by atoms with Gasteiger partial charge in [-0.1, -0.05) is 36.4 Å². The minimum absolute atomic E-state index is 0.254. The number of nitrogens with zero attached hydrogens (tertiary/aromatic N) is 1. The van der Waals surface area contributed by atoms with E-state index >= 15 is 0 Å². The second kappa shape index (κ2) is 6.10. The van der Waals surface area contributed by atoms with Crippen LogP contribution in [0, 0.1) is 0 Å². The maximum atomic E-state index is 10.8. The molecule has 0 atom stereocenters. The standard InChI is InChI=1S/C18H14N2O2/c21-18(22)15-7-9-17(10-8-15)20-19-12-13-5-6-14-3-1-2-4-16(14)11-13/h1-12,20H,(H,21,22)/b19-12+. The third-order valence-corrected chi connectivity index (χ3v) is 3.31. The van der Waals surface area contributed by atoms with Crippen LogP contribution in [-0.4, -0.2) is 17.3 Å². The molecule has 3 aromatic carbocycles. The van der Waals surface area contributed by atoms with Crippen molar-refractivity contribution in [1.29, 1.82) is 0 Å². The van der Waals surface area contributed by atoms with E-state index in [1.165, 1.54) is 17.5 Å². The van der Waals surface area contributed by atoms with E-state index in [1.807, 2.05) is 18.2 Å². The van der Waals surface area contributed by atoms with Crippen LogP contribution in [0.1, 0.15) is 15.9 Å². The van der Waals surface area contributed by atoms with Crippen LogP contribution < -0.4 is 5.43 Å². The molecule has 0 aliphatic rings. The van der Waals surface area contributed by atoms with E-state index in [0.29, 0.717) is 0 Å². The predicted octanol–water partition coefficient (Wildman–Crippen LogP) is 3.98. The molecule has 0 heterocycles. The molecule has 0 saturated carbocycles. The number of rotatable bonds is 4. The van der Waals surface area contributed by atoms with Crippen molar-refractivity contribution in [3.8, 4) is 0 Å². The van der Waals surface area contributed by atoms with Gasteiger partial charge in [0.25, 0.3) is 0 Å². The van der Waals surface area contributed by atoms with Crippen molar-refractivity contribution in [2.45, 2.75) is 0 Å². The summed E-state index contributed by atoms with van der Waals surface area (Å²) in [7, 11) is 0. The zero-order valence-corrected chi connectivity index (χ0v) is 11.7. The van der Waals surface area contributed by atoms with E-state index in [2.05, 4.69) is 34.8 Å². The lowest BCUT2D eigenvalue weighted by Gasteiger charge is -2.01. The third-order valence-electron chi connectivity index (χ3n) is 3.31. The Morgan fingerprint density at radius 3 is 2.41 bits per heavy atom. The molecule has 0 bridgehead atoms. The van der Waals surface area contributed by atoms with Crippen LogP contribution in [0.4, 0.5) is 5.69 Å². The molecule has 0 amide bonds. The van der Waals surface area contributed by atoms with Crippen molar-refractivity contribution in [2.75, 3.05) is 5.43 Å². The predicted molar refractivity (Wildman–Crippen MR) is 88.6 cm³/mol. The fourth-order valence-corrected chi connectivity index (χ4v) is 2.16. The molecule has 2 N–H and O–H groups in total. The van der Waals surface area contributed by atoms with Crippen molar-refractivity contribution in [3.63, 3.8) is 0 Å². The topological polar surface area (TPSA) is 61.7 Å². The van der Waals surface area contributed by atoms with Gasteiger partial charge in [0.1, 0.15) is 0 Å². The average Bonchev–Trinajstić information content (AvgIpc) is 2.55. The van der Waals surface area contributed by atoms with Gasteiger partial charge in [-0.2, -0.15) is 5.10 Å². The first kappa shape index (κ1) is 13.8. The van der Waals surface area contributed by atoms with Gasteiger partial charge < -0.3 is 5.11 Å². The van der Waals surface area contributed by atoms with Gasteiger partial charge in [-0.15, -0.1) is 0 Å². The summed E-state index contributed by atoms with van der Waals surface area (Å²) in [5, 5.41) is 15.4. The Kier molecular flexibility index (Phi) is 3.83. The van der Waals surface area contributed by atoms with Crippen molar-refractivity contribution >= 4 is 28.6 Å². The van der Waals surface area contributed by atoms with Crippen molar-refractivity contribution in [2.24, 2.45) is 5.10 Å². The molecule has 0 unspecified atom stereocenters. The summed E-state index contributed by atoms with van der Waals surface area (Å²) in [4.78, 5) is 10.8. The Labute approximate surface area is 127 Å². The number of aromatic carboxylic acids is 1. The van der Waals surface area contributed by atoms with Gasteiger partial charge in [-0.05, 0) is 46.7 Å². The molecule has 0 saturated heterocycles. The van der Waals surface area contributed by atoms with Gasteiger partial charge in [0.2, 0.25) is 0 Å². The lowest BCUT2D eigenvalue weighted by atomic mass is 10.1. The van der Waals surface area contributed by atoms with Crippen molar-refractivity contribution in [1.82, 2.24) is 0 Å². The van der Waals surface area contributed by atoms with Crippen LogP contribution in [0.5, 0.6) is 0 Å². The average molecular weight is 290 g/mol. The Hall–Kier alpha value is -3.14. The number of anilines is 1. The lowest BCUT2D eigenvalue weighted by molar-refractivity contribution is 0.0697. The summed E-state index contributed by atoms with van der Waals surface area (Å²) in [5.41, 5.74) is 4.87. The number of carbonyl (C=O) groups is 1. The molecule has 0 aromatic heterocycles. The second-order valence-electron chi connectivity index (χ2n) is 4.86. The third kappa shape index (κ3) is 3.12. The zero-order chi connectivity index (χ0) is 15.4. The van der Waals surface area contributed by atoms with E-state index < -0.39 is 5.97 Å². The van der Waals surface area contributed by atoms with Gasteiger partial charge in [-0.3, -0.25) is 5.43 Å². The highest BCUT2D eigenvalue weighted by Crippen LogP contribution is 2.15. The van der Waals surface area contributed by atoms with E-state index in [0.717, 1.165) is 16.6 Å². The van der Waals surface area contributed by atoms with E-state index in [1.54, 1.807) is 18.3 Å². The minimum Gasteiger partial charge on any atom is -0.478 e. The highest BCUT2D eigenvalue weighted by Gasteiger charge is 2.00. The molecule has 0 aliphatic heterocycles. The fraction of sp³-hybridized carbons (Fsp3) is 0. The maximum absolute atomic E-state index is 10.8. The zero-order valence-electron chi connectivity index (χ0n) is 11.7. The molecule has 3 rings (SSSR count). The molecule has 108 valence electrons. The molecule has 4 heteroatoms. The van der Waals surface area contributed by atoms with Gasteiger partial charge in [0.15, 0.2) is 0 Å². The van der Waals surface area contributed by atoms with Crippen LogP contribution in [0.15, 0.2) is 71.8 Å². The molecule has 0 fully saturated rings. The Morgan fingerprint density at radius 2 is 1.68 bits per heavy atom. The fourth-order valence-electron chi connectivity index (χ4n) is 2.16. The summed E-state index contributed by atoms with van der Waals surface area (Å²) in [5.74, 6) is -0.939. The van der Waals surface area contributed by atoms with Crippen LogP contribution >= 0.6 is 0 Å².